The molecule has 0 unspecified atom stereocenters. The third-order valence-corrected chi connectivity index (χ3v) is 5.28. The van der Waals surface area contributed by atoms with Crippen molar-refractivity contribution in [1.82, 2.24) is 4.57 Å². The summed E-state index contributed by atoms with van der Waals surface area (Å²) >= 11 is 1.21. The Morgan fingerprint density at radius 2 is 1.80 bits per heavy atom. The quantitative estimate of drug-likeness (QED) is 0.721. The second-order valence-corrected chi connectivity index (χ2v) is 7.01. The molecule has 1 aromatic heterocycles. The molecule has 0 saturated carbocycles. The molecule has 0 aliphatic rings. The molecule has 0 fully saturated rings. The van der Waals surface area contributed by atoms with E-state index in [1.165, 1.54) is 22.5 Å². The maximum atomic E-state index is 12.2. The van der Waals surface area contributed by atoms with Crippen LogP contribution in [0, 0.1) is 0 Å². The molecule has 130 valence electrons. The van der Waals surface area contributed by atoms with Gasteiger partial charge in [-0.05, 0) is 49.1 Å². The molecule has 25 heavy (non-hydrogen) atoms. The summed E-state index contributed by atoms with van der Waals surface area (Å²) in [6.45, 7) is 4.74. The van der Waals surface area contributed by atoms with Crippen LogP contribution in [0.4, 0.5) is 5.69 Å². The first kappa shape index (κ1) is 17.4. The maximum absolute atomic E-state index is 12.2. The smallest absolute Gasteiger partial charge is 0.308 e. The van der Waals surface area contributed by atoms with Gasteiger partial charge < -0.3 is 5.32 Å². The molecule has 0 atom stereocenters. The number of aromatic nitrogens is 1. The van der Waals surface area contributed by atoms with E-state index in [0.29, 0.717) is 13.0 Å². The van der Waals surface area contributed by atoms with Crippen molar-refractivity contribution in [2.75, 3.05) is 5.32 Å². The Bertz CT molecular complexity index is 938. The van der Waals surface area contributed by atoms with Crippen LogP contribution < -0.4 is 10.2 Å². The van der Waals surface area contributed by atoms with Crippen molar-refractivity contribution in [3.05, 3.63) is 63.3 Å². The molecule has 3 rings (SSSR count). The van der Waals surface area contributed by atoms with Gasteiger partial charge in [0.1, 0.15) is 0 Å². The molecule has 3 aromatic rings. The lowest BCUT2D eigenvalue weighted by Crippen LogP contribution is -2.12. The lowest BCUT2D eigenvalue weighted by atomic mass is 10.1. The molecule has 1 amide bonds. The highest BCUT2D eigenvalue weighted by Gasteiger charge is 2.08. The number of aryl methyl sites for hydroxylation is 3. The number of fused-ring (bicyclic) bond motifs is 1. The molecule has 0 bridgehead atoms. The first-order valence-corrected chi connectivity index (χ1v) is 9.43. The van der Waals surface area contributed by atoms with Crippen molar-refractivity contribution in [2.24, 2.45) is 0 Å². The summed E-state index contributed by atoms with van der Waals surface area (Å²) in [5, 5.41) is 2.93. The predicted molar refractivity (Wildman–Crippen MR) is 105 cm³/mol. The summed E-state index contributed by atoms with van der Waals surface area (Å²) in [5.74, 6) is -0.0128. The number of anilines is 1. The van der Waals surface area contributed by atoms with Crippen molar-refractivity contribution >= 4 is 33.1 Å². The lowest BCUT2D eigenvalue weighted by molar-refractivity contribution is -0.116. The molecule has 0 aliphatic heterocycles. The minimum absolute atomic E-state index is 0.0128. The van der Waals surface area contributed by atoms with E-state index in [-0.39, 0.29) is 10.8 Å². The minimum atomic E-state index is -0.0128. The first-order valence-electron chi connectivity index (χ1n) is 8.61. The fraction of sp³-hybridized carbons (Fsp3) is 0.300. The summed E-state index contributed by atoms with van der Waals surface area (Å²) in [6.07, 6.45) is 2.18. The zero-order chi connectivity index (χ0) is 17.8. The van der Waals surface area contributed by atoms with Gasteiger partial charge in [0.2, 0.25) is 5.91 Å². The van der Waals surface area contributed by atoms with Gasteiger partial charge >= 0.3 is 4.87 Å². The number of benzene rings is 2. The van der Waals surface area contributed by atoms with Crippen molar-refractivity contribution in [2.45, 2.75) is 39.7 Å². The summed E-state index contributed by atoms with van der Waals surface area (Å²) in [7, 11) is 0. The number of thiazole rings is 1. The normalized spacial score (nSPS) is 11.0. The number of amides is 1. The zero-order valence-corrected chi connectivity index (χ0v) is 15.4. The van der Waals surface area contributed by atoms with Crippen molar-refractivity contribution < 1.29 is 4.79 Å². The second-order valence-electron chi connectivity index (χ2n) is 6.01. The van der Waals surface area contributed by atoms with Crippen molar-refractivity contribution in [3.63, 3.8) is 0 Å². The van der Waals surface area contributed by atoms with Crippen LogP contribution >= 0.6 is 11.3 Å². The van der Waals surface area contributed by atoms with Crippen LogP contribution in [0.3, 0.4) is 0 Å². The predicted octanol–water partition coefficient (Wildman–Crippen LogP) is 4.22. The van der Waals surface area contributed by atoms with E-state index >= 15 is 0 Å². The van der Waals surface area contributed by atoms with E-state index < -0.39 is 0 Å². The highest BCUT2D eigenvalue weighted by molar-refractivity contribution is 7.16. The van der Waals surface area contributed by atoms with E-state index in [0.717, 1.165) is 28.7 Å². The summed E-state index contributed by atoms with van der Waals surface area (Å²) in [4.78, 5) is 24.1. The number of nitrogens with one attached hydrogen (secondary N) is 1. The maximum Gasteiger partial charge on any atom is 0.308 e. The molecular formula is C20H22N2O2S. The fourth-order valence-corrected chi connectivity index (χ4v) is 3.86. The Balaban J connectivity index is 1.64. The number of rotatable bonds is 6. The molecule has 5 heteroatoms. The van der Waals surface area contributed by atoms with Crippen molar-refractivity contribution in [3.8, 4) is 0 Å². The topological polar surface area (TPSA) is 51.1 Å². The van der Waals surface area contributed by atoms with Gasteiger partial charge in [0.25, 0.3) is 0 Å². The van der Waals surface area contributed by atoms with Gasteiger partial charge in [-0.15, -0.1) is 0 Å². The molecule has 1 N–H and O–H groups in total. The number of carbonyl (C=O) groups excluding carboxylic acids is 1. The molecule has 1 heterocycles. The van der Waals surface area contributed by atoms with E-state index in [1.54, 1.807) is 4.57 Å². The highest BCUT2D eigenvalue weighted by atomic mass is 32.1. The van der Waals surface area contributed by atoms with Crippen LogP contribution in [0.1, 0.15) is 31.4 Å². The number of nitrogens with zero attached hydrogens (tertiary/aromatic N) is 1. The zero-order valence-electron chi connectivity index (χ0n) is 14.5. The molecule has 2 aromatic carbocycles. The number of hydrogen-bond acceptors (Lipinski definition) is 3. The highest BCUT2D eigenvalue weighted by Crippen LogP contribution is 2.22. The molecule has 0 radical (unpaired) electrons. The van der Waals surface area contributed by atoms with Gasteiger partial charge in [-0.25, -0.2) is 0 Å². The van der Waals surface area contributed by atoms with Crippen molar-refractivity contribution in [1.29, 1.82) is 0 Å². The number of carbonyl (C=O) groups is 1. The third-order valence-electron chi connectivity index (χ3n) is 4.34. The standard InChI is InChI=1S/C20H22N2O2S/c1-3-14-5-7-15(8-6-14)9-12-19(23)21-16-10-11-17-18(13-16)25-20(24)22(17)4-2/h5-8,10-11,13H,3-4,9,12H2,1-2H3,(H,21,23). The average Bonchev–Trinajstić information content (AvgIpc) is 2.94. The molecule has 0 saturated heterocycles. The molecular weight excluding hydrogens is 332 g/mol. The third kappa shape index (κ3) is 3.99. The largest absolute Gasteiger partial charge is 0.326 e. The summed E-state index contributed by atoms with van der Waals surface area (Å²) in [6, 6.07) is 14.0. The van der Waals surface area contributed by atoms with E-state index in [9.17, 15) is 9.59 Å². The Labute approximate surface area is 151 Å². The minimum Gasteiger partial charge on any atom is -0.326 e. The van der Waals surface area contributed by atoms with Gasteiger partial charge in [-0.1, -0.05) is 42.5 Å². The Kier molecular flexibility index (Phi) is 5.34. The van der Waals surface area contributed by atoms with E-state index in [2.05, 4.69) is 36.5 Å². The SMILES string of the molecule is CCc1ccc(CCC(=O)Nc2ccc3c(c2)sc(=O)n3CC)cc1. The van der Waals surface area contributed by atoms with Gasteiger partial charge in [0.05, 0.1) is 10.2 Å². The van der Waals surface area contributed by atoms with Crippen LogP contribution in [0.25, 0.3) is 10.2 Å². The van der Waals surface area contributed by atoms with Gasteiger partial charge in [0, 0.05) is 18.7 Å². The molecule has 4 nitrogen and oxygen atoms in total. The Morgan fingerprint density at radius 3 is 2.48 bits per heavy atom. The van der Waals surface area contributed by atoms with Gasteiger partial charge in [0.15, 0.2) is 0 Å². The molecule has 0 aliphatic carbocycles. The van der Waals surface area contributed by atoms with Crippen LogP contribution in [-0.2, 0) is 24.2 Å². The van der Waals surface area contributed by atoms with Crippen LogP contribution in [0.5, 0.6) is 0 Å². The van der Waals surface area contributed by atoms with Gasteiger partial charge in [-0.3, -0.25) is 14.2 Å². The van der Waals surface area contributed by atoms with Crippen LogP contribution in [-0.4, -0.2) is 10.5 Å². The lowest BCUT2D eigenvalue weighted by Gasteiger charge is -2.07. The van der Waals surface area contributed by atoms with Crippen LogP contribution in [0.2, 0.25) is 0 Å². The van der Waals surface area contributed by atoms with Crippen LogP contribution in [0.15, 0.2) is 47.3 Å². The second kappa shape index (κ2) is 7.66. The fourth-order valence-electron chi connectivity index (χ4n) is 2.87. The van der Waals surface area contributed by atoms with Gasteiger partial charge in [-0.2, -0.15) is 0 Å². The average molecular weight is 354 g/mol. The van der Waals surface area contributed by atoms with E-state index in [4.69, 9.17) is 0 Å². The Morgan fingerprint density at radius 1 is 1.08 bits per heavy atom. The molecule has 0 spiro atoms. The van der Waals surface area contributed by atoms with E-state index in [1.807, 2.05) is 25.1 Å². The summed E-state index contributed by atoms with van der Waals surface area (Å²) in [5.41, 5.74) is 4.13. The first-order chi connectivity index (χ1) is 12.1. The number of hydrogen-bond donors (Lipinski definition) is 1. The summed E-state index contributed by atoms with van der Waals surface area (Å²) < 4.78 is 2.64. The monoisotopic (exact) mass is 354 g/mol. The Hall–Kier alpha value is -2.40.